The molecule has 27 heteroatoms. The van der Waals surface area contributed by atoms with E-state index in [9.17, 15) is 66.1 Å². The Balaban J connectivity index is 1.33. The number of hydrogen-bond acceptors (Lipinski definition) is 26. The van der Waals surface area contributed by atoms with Crippen LogP contribution in [0.15, 0.2) is 0 Å². The van der Waals surface area contributed by atoms with Gasteiger partial charge in [-0.2, -0.15) is 0 Å². The molecule has 332 valence electrons. The van der Waals surface area contributed by atoms with Gasteiger partial charge in [0.1, 0.15) is 97.6 Å². The highest BCUT2D eigenvalue weighted by atomic mass is 16.8. The van der Waals surface area contributed by atoms with Gasteiger partial charge in [-0.05, 0) is 0 Å². The molecule has 58 heavy (non-hydrogen) atoms. The molecule has 1 amide bonds. The smallest absolute Gasteiger partial charge is 0.328 e. The van der Waals surface area contributed by atoms with Crippen LogP contribution in [0.5, 0.6) is 18.0 Å². The number of nitrogens with one attached hydrogen (secondary N) is 1. The van der Waals surface area contributed by atoms with Gasteiger partial charge in [-0.15, -0.1) is 15.0 Å². The Morgan fingerprint density at radius 2 is 0.948 bits per heavy atom. The Labute approximate surface area is 328 Å². The van der Waals surface area contributed by atoms with Crippen LogP contribution in [0.3, 0.4) is 0 Å². The SMILES string of the molecule is COc1nc(OC)nc(O[C@@H]2O[C@H](CO)[C@@H](O[C@@H]3O[C@H](CO)[C@H](O)[C@H](O[C@@H]4O[C@H](CO)[C@@H](O[C@@H]5O[C@H](CO)[C@H](O)[C@H](O)[C@H]5O)[C@H](O)[C@H]4NC(C)=O)[C@H]3O)[C@H](O)[C@H]2O)n1. The average Bonchev–Trinajstić information content (AvgIpc) is 3.21. The summed E-state index contributed by atoms with van der Waals surface area (Å²) in [4.78, 5) is 23.8. The zero-order chi connectivity index (χ0) is 42.6. The van der Waals surface area contributed by atoms with Gasteiger partial charge in [0.25, 0.3) is 0 Å². The first-order valence-electron chi connectivity index (χ1n) is 17.8. The first-order chi connectivity index (χ1) is 27.6. The van der Waals surface area contributed by atoms with Crippen molar-refractivity contribution < 1.29 is 113 Å². The number of aliphatic hydroxyl groups excluding tert-OH is 12. The van der Waals surface area contributed by atoms with Gasteiger partial charge in [0, 0.05) is 6.92 Å². The van der Waals surface area contributed by atoms with Crippen molar-refractivity contribution in [2.45, 2.75) is 130 Å². The van der Waals surface area contributed by atoms with Gasteiger partial charge in [0.2, 0.25) is 12.2 Å². The van der Waals surface area contributed by atoms with Gasteiger partial charge in [-0.1, -0.05) is 0 Å². The summed E-state index contributed by atoms with van der Waals surface area (Å²) in [6.07, 6.45) is -34.0. The Hall–Kier alpha value is -2.88. The van der Waals surface area contributed by atoms with Crippen molar-refractivity contribution in [2.75, 3.05) is 40.6 Å². The fourth-order valence-corrected chi connectivity index (χ4v) is 6.69. The normalized spacial score (nSPS) is 43.4. The van der Waals surface area contributed by atoms with E-state index in [1.54, 1.807) is 0 Å². The first-order valence-corrected chi connectivity index (χ1v) is 17.8. The molecule has 0 spiro atoms. The molecular weight excluding hydrogens is 796 g/mol. The van der Waals surface area contributed by atoms with Crippen molar-refractivity contribution in [3.8, 4) is 18.0 Å². The lowest BCUT2D eigenvalue weighted by atomic mass is 9.94. The van der Waals surface area contributed by atoms with Crippen LogP contribution in [0.4, 0.5) is 0 Å². The maximum Gasteiger partial charge on any atom is 0.328 e. The Morgan fingerprint density at radius 1 is 0.517 bits per heavy atom. The zero-order valence-corrected chi connectivity index (χ0v) is 31.1. The summed E-state index contributed by atoms with van der Waals surface area (Å²) < 4.78 is 55.0. The lowest BCUT2D eigenvalue weighted by Gasteiger charge is -2.50. The van der Waals surface area contributed by atoms with E-state index in [2.05, 4.69) is 20.3 Å². The standard InChI is InChI=1S/C31H50N4O23/c1-8(40)32-13-16(43)22(55-26-19(46)17(44)14(41)9(4-36)51-26)11(6-38)53-25(13)57-24-15(42)10(5-37)52-28(21(24)48)56-23-12(7-39)54-27(20(47)18(23)45)58-31-34-29(49-2)33-30(35-31)50-3/h9-28,36-39,41-48H,4-7H2,1-3H3,(H,32,40)/t9-,10-,11-,12-,13-,14+,15+,16-,17+,18-,19-,20-,21-,22-,23-,24+,25+,26+,27+,28+/m1/s1. The van der Waals surface area contributed by atoms with Gasteiger partial charge in [-0.3, -0.25) is 4.79 Å². The number of hydrogen-bond donors (Lipinski definition) is 13. The van der Waals surface area contributed by atoms with Crippen LogP contribution in [0, 0.1) is 0 Å². The number of aromatic nitrogens is 3. The fraction of sp³-hybridized carbons (Fsp3) is 0.871. The molecule has 13 N–H and O–H groups in total. The van der Waals surface area contributed by atoms with Crippen LogP contribution in [-0.4, -0.2) is 246 Å². The van der Waals surface area contributed by atoms with Crippen LogP contribution >= 0.6 is 0 Å². The summed E-state index contributed by atoms with van der Waals surface area (Å²) in [7, 11) is 2.49. The predicted molar refractivity (Wildman–Crippen MR) is 177 cm³/mol. The molecule has 5 heterocycles. The molecule has 20 atom stereocenters. The molecule has 0 unspecified atom stereocenters. The lowest BCUT2D eigenvalue weighted by molar-refractivity contribution is -0.379. The summed E-state index contributed by atoms with van der Waals surface area (Å²) in [5.41, 5.74) is 0. The molecule has 4 aliphatic rings. The molecule has 0 saturated carbocycles. The quantitative estimate of drug-likeness (QED) is 0.0779. The van der Waals surface area contributed by atoms with Crippen molar-refractivity contribution >= 4 is 5.91 Å². The number of aliphatic hydroxyl groups is 12. The number of rotatable bonds is 15. The number of nitrogens with zero attached hydrogens (tertiary/aromatic N) is 3. The maximum absolute atomic E-state index is 12.3. The van der Waals surface area contributed by atoms with Gasteiger partial charge in [-0.25, -0.2) is 0 Å². The second-order valence-corrected chi connectivity index (χ2v) is 13.6. The monoisotopic (exact) mass is 846 g/mol. The Bertz CT molecular complexity index is 1450. The minimum absolute atomic E-state index is 0.238. The van der Waals surface area contributed by atoms with E-state index in [1.807, 2.05) is 0 Å². The van der Waals surface area contributed by atoms with Gasteiger partial charge >= 0.3 is 18.0 Å². The van der Waals surface area contributed by atoms with Crippen molar-refractivity contribution in [2.24, 2.45) is 0 Å². The molecular formula is C31H50N4O23. The van der Waals surface area contributed by atoms with Crippen LogP contribution in [0.25, 0.3) is 0 Å². The minimum Gasteiger partial charge on any atom is -0.467 e. The van der Waals surface area contributed by atoms with Gasteiger partial charge in [0.05, 0.1) is 40.6 Å². The van der Waals surface area contributed by atoms with Gasteiger partial charge < -0.3 is 114 Å². The molecule has 0 aromatic carbocycles. The molecule has 0 radical (unpaired) electrons. The summed E-state index contributed by atoms with van der Waals surface area (Å²) in [5.74, 6) is -0.770. The molecule has 0 bridgehead atoms. The third-order valence-electron chi connectivity index (χ3n) is 9.75. The van der Waals surface area contributed by atoms with E-state index in [0.29, 0.717) is 0 Å². The molecule has 4 aliphatic heterocycles. The topological polar surface area (TPSA) is 403 Å². The van der Waals surface area contributed by atoms with E-state index in [-0.39, 0.29) is 12.0 Å². The van der Waals surface area contributed by atoms with Crippen molar-refractivity contribution in [1.29, 1.82) is 0 Å². The first kappa shape index (κ1) is 46.2. The third kappa shape index (κ3) is 9.84. The molecule has 5 rings (SSSR count). The molecule has 0 aliphatic carbocycles. The van der Waals surface area contributed by atoms with Gasteiger partial charge in [0.15, 0.2) is 18.9 Å². The zero-order valence-electron chi connectivity index (χ0n) is 31.1. The van der Waals surface area contributed by atoms with Crippen LogP contribution in [0.2, 0.25) is 0 Å². The largest absolute Gasteiger partial charge is 0.467 e. The maximum atomic E-state index is 12.3. The Morgan fingerprint density at radius 3 is 1.47 bits per heavy atom. The second kappa shape index (κ2) is 20.1. The molecule has 4 fully saturated rings. The van der Waals surface area contributed by atoms with Crippen molar-refractivity contribution in [3.05, 3.63) is 0 Å². The number of ether oxygens (including phenoxy) is 10. The van der Waals surface area contributed by atoms with Crippen LogP contribution in [-0.2, 0) is 38.0 Å². The molecule has 1 aromatic heterocycles. The summed E-state index contributed by atoms with van der Waals surface area (Å²) in [6.45, 7) is -2.49. The highest BCUT2D eigenvalue weighted by Crippen LogP contribution is 2.35. The summed E-state index contributed by atoms with van der Waals surface area (Å²) in [6, 6.07) is -2.59. The predicted octanol–water partition coefficient (Wildman–Crippen LogP) is -9.32. The van der Waals surface area contributed by atoms with E-state index in [4.69, 9.17) is 47.4 Å². The molecule has 1 aromatic rings. The highest BCUT2D eigenvalue weighted by Gasteiger charge is 2.56. The minimum atomic E-state index is -2.07. The fourth-order valence-electron chi connectivity index (χ4n) is 6.69. The van der Waals surface area contributed by atoms with E-state index in [1.165, 1.54) is 14.2 Å². The summed E-state index contributed by atoms with van der Waals surface area (Å²) in [5, 5.41) is 129. The van der Waals surface area contributed by atoms with E-state index < -0.39 is 161 Å². The van der Waals surface area contributed by atoms with E-state index >= 15 is 0 Å². The number of methoxy groups -OCH3 is 2. The summed E-state index contributed by atoms with van der Waals surface area (Å²) >= 11 is 0. The number of amides is 1. The molecule has 4 saturated heterocycles. The lowest BCUT2D eigenvalue weighted by Crippen LogP contribution is -2.70. The third-order valence-corrected chi connectivity index (χ3v) is 9.75. The average molecular weight is 847 g/mol. The van der Waals surface area contributed by atoms with Crippen LogP contribution < -0.4 is 19.5 Å². The second-order valence-electron chi connectivity index (χ2n) is 13.6. The molecule has 27 nitrogen and oxygen atoms in total. The number of carbonyl (C=O) groups is 1. The Kier molecular flexibility index (Phi) is 16.0. The van der Waals surface area contributed by atoms with Crippen molar-refractivity contribution in [3.63, 3.8) is 0 Å². The van der Waals surface area contributed by atoms with Crippen LogP contribution in [0.1, 0.15) is 6.92 Å². The van der Waals surface area contributed by atoms with Crippen molar-refractivity contribution in [1.82, 2.24) is 20.3 Å². The highest BCUT2D eigenvalue weighted by molar-refractivity contribution is 5.73. The number of carbonyl (C=O) groups excluding carboxylic acids is 1. The van der Waals surface area contributed by atoms with E-state index in [0.717, 1.165) is 6.92 Å².